The lowest BCUT2D eigenvalue weighted by molar-refractivity contribution is -0.0608. The molecule has 2 aromatic rings. The Bertz CT molecular complexity index is 854. The van der Waals surface area contributed by atoms with Gasteiger partial charge in [0.25, 0.3) is 0 Å². The molecule has 0 fully saturated rings. The molecule has 1 heterocycles. The summed E-state index contributed by atoms with van der Waals surface area (Å²) in [5.41, 5.74) is 2.12. The van der Waals surface area contributed by atoms with Crippen LogP contribution < -0.4 is 4.74 Å². The lowest BCUT2D eigenvalue weighted by Crippen LogP contribution is -2.42. The Morgan fingerprint density at radius 3 is 2.50 bits per heavy atom. The maximum Gasteiger partial charge on any atom is 0.167 e. The first-order valence-corrected chi connectivity index (χ1v) is 11.6. The van der Waals surface area contributed by atoms with Crippen LogP contribution in [0.2, 0.25) is 0 Å². The van der Waals surface area contributed by atoms with Gasteiger partial charge in [-0.25, -0.2) is 0 Å². The van der Waals surface area contributed by atoms with Crippen molar-refractivity contribution in [2.45, 2.75) is 71.0 Å². The van der Waals surface area contributed by atoms with Crippen LogP contribution in [0.3, 0.4) is 0 Å². The number of aromatic nitrogens is 3. The molecule has 1 aliphatic rings. The highest BCUT2D eigenvalue weighted by Crippen LogP contribution is 2.28. The van der Waals surface area contributed by atoms with Gasteiger partial charge in [-0.1, -0.05) is 76.4 Å². The van der Waals surface area contributed by atoms with Gasteiger partial charge in [-0.05, 0) is 42.2 Å². The summed E-state index contributed by atoms with van der Waals surface area (Å²) in [5.74, 6) is 0.631. The fourth-order valence-corrected chi connectivity index (χ4v) is 3.43. The van der Waals surface area contributed by atoms with E-state index in [1.54, 1.807) is 13.3 Å². The van der Waals surface area contributed by atoms with Crippen molar-refractivity contribution in [2.24, 2.45) is 0 Å². The molecule has 174 valence electrons. The van der Waals surface area contributed by atoms with Crippen LogP contribution in [0.4, 0.5) is 0 Å². The number of unbranched alkanes of at least 4 members (excludes halogenated alkanes) is 3. The molecule has 0 spiro atoms. The number of hydrogen-bond acceptors (Lipinski definition) is 6. The maximum atomic E-state index is 10.5. The van der Waals surface area contributed by atoms with Gasteiger partial charge >= 0.3 is 0 Å². The molecule has 0 radical (unpaired) electrons. The third-order valence-corrected chi connectivity index (χ3v) is 5.59. The van der Waals surface area contributed by atoms with Crippen molar-refractivity contribution < 1.29 is 14.6 Å². The fourth-order valence-electron chi connectivity index (χ4n) is 3.43. The Hall–Kier alpha value is -2.57. The zero-order chi connectivity index (χ0) is 23.2. The number of benzene rings is 1. The van der Waals surface area contributed by atoms with Gasteiger partial charge in [-0.3, -0.25) is 0 Å². The second-order valence-electron chi connectivity index (χ2n) is 7.84. The molecular formula is C26H37N3O3. The minimum Gasteiger partial charge on any atom is -0.493 e. The summed E-state index contributed by atoms with van der Waals surface area (Å²) < 4.78 is 11.0. The number of nitrogens with zero attached hydrogens (tertiary/aromatic N) is 3. The molecule has 6 nitrogen and oxygen atoms in total. The van der Waals surface area contributed by atoms with E-state index in [1.807, 2.05) is 49.4 Å². The topological polar surface area (TPSA) is 77.4 Å². The molecular weight excluding hydrogens is 402 g/mol. The predicted molar refractivity (Wildman–Crippen MR) is 128 cm³/mol. The van der Waals surface area contributed by atoms with E-state index in [0.717, 1.165) is 25.0 Å². The second-order valence-corrected chi connectivity index (χ2v) is 7.84. The van der Waals surface area contributed by atoms with Crippen molar-refractivity contribution in [2.75, 3.05) is 13.7 Å². The number of aliphatic hydroxyl groups is 1. The van der Waals surface area contributed by atoms with Crippen LogP contribution in [0, 0.1) is 0 Å². The normalized spacial score (nSPS) is 19.7. The molecule has 1 aromatic carbocycles. The quantitative estimate of drug-likeness (QED) is 0.489. The van der Waals surface area contributed by atoms with E-state index in [1.165, 1.54) is 24.8 Å². The number of ether oxygens (including phenoxy) is 2. The third-order valence-electron chi connectivity index (χ3n) is 5.59. The van der Waals surface area contributed by atoms with Gasteiger partial charge < -0.3 is 14.6 Å². The van der Waals surface area contributed by atoms with Crippen LogP contribution in [0.15, 0.2) is 60.3 Å². The highest BCUT2D eigenvalue weighted by molar-refractivity contribution is 5.64. The van der Waals surface area contributed by atoms with Crippen molar-refractivity contribution in [3.05, 3.63) is 60.3 Å². The zero-order valence-electron chi connectivity index (χ0n) is 19.8. The van der Waals surface area contributed by atoms with Gasteiger partial charge in [0, 0.05) is 12.2 Å². The molecule has 2 unspecified atom stereocenters. The van der Waals surface area contributed by atoms with Crippen molar-refractivity contribution in [1.82, 2.24) is 15.4 Å². The van der Waals surface area contributed by atoms with E-state index in [4.69, 9.17) is 9.47 Å². The summed E-state index contributed by atoms with van der Waals surface area (Å²) >= 11 is 0. The van der Waals surface area contributed by atoms with Crippen molar-refractivity contribution in [1.29, 1.82) is 0 Å². The summed E-state index contributed by atoms with van der Waals surface area (Å²) in [6, 6.07) is 9.73. The number of hydrogen-bond donors (Lipinski definition) is 1. The first kappa shape index (κ1) is 25.7. The summed E-state index contributed by atoms with van der Waals surface area (Å²) in [4.78, 5) is 0. The van der Waals surface area contributed by atoms with Gasteiger partial charge in [-0.2, -0.15) is 0 Å². The van der Waals surface area contributed by atoms with Gasteiger partial charge in [-0.15, -0.1) is 10.2 Å². The number of allylic oxidation sites excluding steroid dienone is 2. The molecule has 1 aliphatic carbocycles. The highest BCUT2D eigenvalue weighted by Gasteiger charge is 2.34. The van der Waals surface area contributed by atoms with Crippen LogP contribution in [0.1, 0.15) is 59.3 Å². The van der Waals surface area contributed by atoms with Gasteiger partial charge in [0.05, 0.1) is 13.3 Å². The lowest BCUT2D eigenvalue weighted by Gasteiger charge is -2.34. The monoisotopic (exact) mass is 439 g/mol. The molecule has 0 amide bonds. The van der Waals surface area contributed by atoms with Crippen molar-refractivity contribution in [3.8, 4) is 17.0 Å². The molecule has 0 aliphatic heterocycles. The summed E-state index contributed by atoms with van der Waals surface area (Å²) in [6.07, 6.45) is 13.9. The lowest BCUT2D eigenvalue weighted by atomic mass is 9.86. The molecule has 32 heavy (non-hydrogen) atoms. The zero-order valence-corrected chi connectivity index (χ0v) is 19.8. The Morgan fingerprint density at radius 2 is 1.84 bits per heavy atom. The van der Waals surface area contributed by atoms with Gasteiger partial charge in [0.2, 0.25) is 0 Å². The Balaban J connectivity index is 0.000000233. The molecule has 0 saturated carbocycles. The third kappa shape index (κ3) is 7.53. The van der Waals surface area contributed by atoms with E-state index in [2.05, 4.69) is 35.3 Å². The SMILES string of the molecule is CCCCCCOC1C=C(CC)C=CC1(O)CC.COc1cnnnc1-c1ccccc1. The van der Waals surface area contributed by atoms with Crippen LogP contribution in [-0.4, -0.2) is 45.9 Å². The summed E-state index contributed by atoms with van der Waals surface area (Å²) in [5, 5.41) is 21.7. The average Bonchev–Trinajstić information content (AvgIpc) is 2.86. The Kier molecular flexibility index (Phi) is 11.0. The second kappa shape index (κ2) is 13.8. The maximum absolute atomic E-state index is 10.5. The number of methoxy groups -OCH3 is 1. The molecule has 0 bridgehead atoms. The van der Waals surface area contributed by atoms with Crippen LogP contribution in [0.5, 0.6) is 5.75 Å². The van der Waals surface area contributed by atoms with E-state index in [-0.39, 0.29) is 6.10 Å². The van der Waals surface area contributed by atoms with Crippen LogP contribution >= 0.6 is 0 Å². The first-order valence-electron chi connectivity index (χ1n) is 11.6. The van der Waals surface area contributed by atoms with Crippen molar-refractivity contribution in [3.63, 3.8) is 0 Å². The molecule has 3 rings (SSSR count). The van der Waals surface area contributed by atoms with E-state index in [0.29, 0.717) is 17.9 Å². The summed E-state index contributed by atoms with van der Waals surface area (Å²) in [6.45, 7) is 7.08. The molecule has 6 heteroatoms. The highest BCUT2D eigenvalue weighted by atomic mass is 16.5. The molecule has 1 aromatic heterocycles. The van der Waals surface area contributed by atoms with E-state index < -0.39 is 5.60 Å². The predicted octanol–water partition coefficient (Wildman–Crippen LogP) is 5.55. The Morgan fingerprint density at radius 1 is 1.06 bits per heavy atom. The largest absolute Gasteiger partial charge is 0.493 e. The van der Waals surface area contributed by atoms with Crippen LogP contribution in [-0.2, 0) is 4.74 Å². The minimum absolute atomic E-state index is 0.177. The molecule has 2 atom stereocenters. The van der Waals surface area contributed by atoms with Gasteiger partial charge in [0.15, 0.2) is 5.75 Å². The summed E-state index contributed by atoms with van der Waals surface area (Å²) in [7, 11) is 1.59. The smallest absolute Gasteiger partial charge is 0.167 e. The van der Waals surface area contributed by atoms with Crippen molar-refractivity contribution >= 4 is 0 Å². The van der Waals surface area contributed by atoms with Crippen LogP contribution in [0.25, 0.3) is 11.3 Å². The minimum atomic E-state index is -0.816. The average molecular weight is 440 g/mol. The standard InChI is InChI=1S/C16H28O2.C10H9N3O/c1-4-7-8-9-12-18-15-13-14(5-2)10-11-16(15,17)6-3;1-14-9-7-11-13-12-10(9)8-5-3-2-4-6-8/h10-11,13,15,17H,4-9,12H2,1-3H3;2-7H,1H3. The van der Waals surface area contributed by atoms with Gasteiger partial charge in [0.1, 0.15) is 17.4 Å². The Labute approximate surface area is 192 Å². The molecule has 1 N–H and O–H groups in total. The van der Waals surface area contributed by atoms with E-state index in [9.17, 15) is 5.11 Å². The number of rotatable bonds is 10. The molecule has 0 saturated heterocycles. The fraction of sp³-hybridized carbons (Fsp3) is 0.500. The van der Waals surface area contributed by atoms with E-state index >= 15 is 0 Å². The first-order chi connectivity index (χ1) is 15.6.